The lowest BCUT2D eigenvalue weighted by Gasteiger charge is -2.24. The molecule has 2 aliphatic heterocycles. The third kappa shape index (κ3) is 2.57. The van der Waals surface area contributed by atoms with Gasteiger partial charge in [0.05, 0.1) is 17.3 Å². The topological polar surface area (TPSA) is 53.7 Å². The van der Waals surface area contributed by atoms with Crippen LogP contribution in [0.5, 0.6) is 0 Å². The molecule has 6 nitrogen and oxygen atoms in total. The molecule has 0 aromatic carbocycles. The number of likely N-dealkylation sites (tertiary alicyclic amines) is 2. The minimum Gasteiger partial charge on any atom is -0.334 e. The van der Waals surface area contributed by atoms with Gasteiger partial charge in [0.15, 0.2) is 0 Å². The fourth-order valence-electron chi connectivity index (χ4n) is 4.43. The molecular weight excluding hydrogens is 326 g/mol. The monoisotopic (exact) mass is 347 g/mol. The first kappa shape index (κ1) is 15.5. The molecule has 0 unspecified atom stereocenters. The molecule has 1 amide bonds. The molecule has 2 atom stereocenters. The van der Waals surface area contributed by atoms with Crippen LogP contribution in [0.2, 0.25) is 0 Å². The van der Waals surface area contributed by atoms with E-state index in [0.29, 0.717) is 17.5 Å². The summed E-state index contributed by atoms with van der Waals surface area (Å²) in [4.78, 5) is 21.9. The lowest BCUT2D eigenvalue weighted by atomic mass is 10.0. The van der Waals surface area contributed by atoms with Crippen LogP contribution in [0.25, 0.3) is 5.52 Å². The molecular formula is C20H21N5O. The van der Waals surface area contributed by atoms with Crippen molar-refractivity contribution in [2.45, 2.75) is 19.0 Å². The van der Waals surface area contributed by atoms with E-state index in [1.807, 2.05) is 36.7 Å². The molecule has 26 heavy (non-hydrogen) atoms. The first-order valence-corrected chi connectivity index (χ1v) is 9.14. The van der Waals surface area contributed by atoms with E-state index in [-0.39, 0.29) is 5.91 Å². The second-order valence-electron chi connectivity index (χ2n) is 7.26. The van der Waals surface area contributed by atoms with Crippen molar-refractivity contribution in [1.29, 1.82) is 0 Å². The largest absolute Gasteiger partial charge is 0.334 e. The zero-order valence-corrected chi connectivity index (χ0v) is 14.5. The molecule has 3 aromatic rings. The van der Waals surface area contributed by atoms with Crippen LogP contribution in [0.15, 0.2) is 55.1 Å². The van der Waals surface area contributed by atoms with E-state index in [1.165, 1.54) is 5.56 Å². The second kappa shape index (κ2) is 6.21. The van der Waals surface area contributed by atoms with E-state index in [1.54, 1.807) is 16.9 Å². The summed E-state index contributed by atoms with van der Waals surface area (Å²) in [7, 11) is 0. The number of aromatic nitrogens is 3. The van der Waals surface area contributed by atoms with Gasteiger partial charge in [0, 0.05) is 50.8 Å². The van der Waals surface area contributed by atoms with E-state index in [0.717, 1.165) is 38.1 Å². The number of hydrogen-bond donors (Lipinski definition) is 0. The fraction of sp³-hybridized carbons (Fsp3) is 0.350. The third-order valence-electron chi connectivity index (χ3n) is 5.67. The standard InChI is InChI=1S/C20H21N5O/c26-20(17-11-22-25-8-2-1-5-18(17)25)24-9-6-16-13-23(14-19(16)24)12-15-4-3-7-21-10-15/h1-5,7-8,10-11,16,19H,6,9,12-14H2/t16-,19+/m0/s1. The highest BCUT2D eigenvalue weighted by atomic mass is 16.2. The maximum Gasteiger partial charge on any atom is 0.257 e. The smallest absolute Gasteiger partial charge is 0.257 e. The summed E-state index contributed by atoms with van der Waals surface area (Å²) in [5, 5.41) is 4.32. The second-order valence-corrected chi connectivity index (χ2v) is 7.26. The Kier molecular flexibility index (Phi) is 3.71. The van der Waals surface area contributed by atoms with Crippen LogP contribution in [0.3, 0.4) is 0 Å². The normalized spacial score (nSPS) is 22.8. The van der Waals surface area contributed by atoms with E-state index in [2.05, 4.69) is 25.9 Å². The molecule has 0 spiro atoms. The number of pyridine rings is 2. The van der Waals surface area contributed by atoms with Crippen LogP contribution >= 0.6 is 0 Å². The highest BCUT2D eigenvalue weighted by Gasteiger charge is 2.43. The molecule has 2 saturated heterocycles. The Bertz CT molecular complexity index is 938. The predicted octanol–water partition coefficient (Wildman–Crippen LogP) is 2.08. The van der Waals surface area contributed by atoms with Crippen molar-refractivity contribution in [3.05, 3.63) is 66.2 Å². The Morgan fingerprint density at radius 1 is 1.15 bits per heavy atom. The fourth-order valence-corrected chi connectivity index (χ4v) is 4.43. The highest BCUT2D eigenvalue weighted by molar-refractivity contribution is 6.00. The van der Waals surface area contributed by atoms with E-state index in [9.17, 15) is 4.79 Å². The third-order valence-corrected chi connectivity index (χ3v) is 5.67. The average Bonchev–Trinajstić information content (AvgIpc) is 3.35. The number of fused-ring (bicyclic) bond motifs is 2. The molecule has 0 saturated carbocycles. The van der Waals surface area contributed by atoms with Crippen LogP contribution in [0.4, 0.5) is 0 Å². The summed E-state index contributed by atoms with van der Waals surface area (Å²) >= 11 is 0. The van der Waals surface area contributed by atoms with E-state index in [4.69, 9.17) is 0 Å². The quantitative estimate of drug-likeness (QED) is 0.728. The molecule has 6 heteroatoms. The van der Waals surface area contributed by atoms with Crippen molar-refractivity contribution in [2.24, 2.45) is 5.92 Å². The maximum atomic E-state index is 13.2. The highest BCUT2D eigenvalue weighted by Crippen LogP contribution is 2.33. The minimum atomic E-state index is 0.113. The number of amides is 1. The molecule has 2 fully saturated rings. The van der Waals surface area contributed by atoms with Gasteiger partial charge in [0.1, 0.15) is 0 Å². The molecule has 5 rings (SSSR count). The SMILES string of the molecule is O=C(c1cnn2ccccc12)N1CC[C@H]2CN(Cc3cccnc3)C[C@H]21. The number of carbonyl (C=O) groups excluding carboxylic acids is 1. The van der Waals surface area contributed by atoms with Gasteiger partial charge in [0.2, 0.25) is 0 Å². The van der Waals surface area contributed by atoms with Crippen molar-refractivity contribution in [3.8, 4) is 0 Å². The summed E-state index contributed by atoms with van der Waals surface area (Å²) in [6.45, 7) is 3.74. The van der Waals surface area contributed by atoms with E-state index < -0.39 is 0 Å². The van der Waals surface area contributed by atoms with Gasteiger partial charge in [0.25, 0.3) is 5.91 Å². The predicted molar refractivity (Wildman–Crippen MR) is 97.6 cm³/mol. The zero-order valence-electron chi connectivity index (χ0n) is 14.5. The summed E-state index contributed by atoms with van der Waals surface area (Å²) < 4.78 is 1.77. The van der Waals surface area contributed by atoms with Crippen molar-refractivity contribution in [3.63, 3.8) is 0 Å². The Morgan fingerprint density at radius 2 is 2.12 bits per heavy atom. The molecule has 0 aliphatic carbocycles. The molecule has 5 heterocycles. The molecule has 2 aliphatic rings. The first-order valence-electron chi connectivity index (χ1n) is 9.14. The lowest BCUT2D eigenvalue weighted by molar-refractivity contribution is 0.0728. The number of hydrogen-bond acceptors (Lipinski definition) is 4. The Morgan fingerprint density at radius 3 is 3.00 bits per heavy atom. The lowest BCUT2D eigenvalue weighted by Crippen LogP contribution is -2.39. The maximum absolute atomic E-state index is 13.2. The number of nitrogens with zero attached hydrogens (tertiary/aromatic N) is 5. The number of rotatable bonds is 3. The van der Waals surface area contributed by atoms with Crippen molar-refractivity contribution < 1.29 is 4.79 Å². The Labute approximate surface area is 152 Å². The Balaban J connectivity index is 1.34. The zero-order chi connectivity index (χ0) is 17.5. The summed E-state index contributed by atoms with van der Waals surface area (Å²) in [5.74, 6) is 0.680. The number of carbonyl (C=O) groups is 1. The van der Waals surface area contributed by atoms with Gasteiger partial charge < -0.3 is 4.90 Å². The van der Waals surface area contributed by atoms with Gasteiger partial charge in [-0.25, -0.2) is 4.52 Å². The van der Waals surface area contributed by atoms with Gasteiger partial charge in [-0.15, -0.1) is 0 Å². The molecule has 3 aromatic heterocycles. The first-order chi connectivity index (χ1) is 12.8. The molecule has 0 N–H and O–H groups in total. The molecule has 0 bridgehead atoms. The minimum absolute atomic E-state index is 0.113. The van der Waals surface area contributed by atoms with Crippen LogP contribution in [0.1, 0.15) is 22.3 Å². The van der Waals surface area contributed by atoms with Gasteiger partial charge in [-0.2, -0.15) is 5.10 Å². The van der Waals surface area contributed by atoms with Crippen molar-refractivity contribution >= 4 is 11.4 Å². The van der Waals surface area contributed by atoms with Crippen LogP contribution < -0.4 is 0 Å². The van der Waals surface area contributed by atoms with Gasteiger partial charge in [-0.3, -0.25) is 14.7 Å². The van der Waals surface area contributed by atoms with Gasteiger partial charge in [-0.1, -0.05) is 12.1 Å². The van der Waals surface area contributed by atoms with Crippen LogP contribution in [0, 0.1) is 5.92 Å². The summed E-state index contributed by atoms with van der Waals surface area (Å²) in [6.07, 6.45) is 8.39. The molecule has 132 valence electrons. The van der Waals surface area contributed by atoms with Gasteiger partial charge in [-0.05, 0) is 36.1 Å². The summed E-state index contributed by atoms with van der Waals surface area (Å²) in [6, 6.07) is 10.2. The van der Waals surface area contributed by atoms with Crippen LogP contribution in [-0.4, -0.2) is 56.0 Å². The van der Waals surface area contributed by atoms with Crippen LogP contribution in [-0.2, 0) is 6.54 Å². The Hall–Kier alpha value is -2.73. The molecule has 0 radical (unpaired) electrons. The van der Waals surface area contributed by atoms with Gasteiger partial charge >= 0.3 is 0 Å². The average molecular weight is 347 g/mol. The van der Waals surface area contributed by atoms with Crippen molar-refractivity contribution in [2.75, 3.05) is 19.6 Å². The summed E-state index contributed by atoms with van der Waals surface area (Å²) in [5.41, 5.74) is 2.82. The van der Waals surface area contributed by atoms with Crippen molar-refractivity contribution in [1.82, 2.24) is 24.4 Å². The van der Waals surface area contributed by atoms with E-state index >= 15 is 0 Å².